The van der Waals surface area contributed by atoms with Crippen LogP contribution in [0.4, 0.5) is 0 Å². The van der Waals surface area contributed by atoms with Crippen molar-refractivity contribution < 1.29 is 9.90 Å². The zero-order valence-corrected chi connectivity index (χ0v) is 10.5. The molecule has 2 N–H and O–H groups in total. The second-order valence-electron chi connectivity index (χ2n) is 4.43. The van der Waals surface area contributed by atoms with E-state index in [4.69, 9.17) is 0 Å². The van der Waals surface area contributed by atoms with E-state index in [1.54, 1.807) is 0 Å². The van der Waals surface area contributed by atoms with E-state index in [1.807, 2.05) is 30.3 Å². The number of nitrogens with one attached hydrogen (secondary N) is 1. The summed E-state index contributed by atoms with van der Waals surface area (Å²) in [6.45, 7) is 4.05. The molecule has 1 rings (SSSR count). The highest BCUT2D eigenvalue weighted by Gasteiger charge is 2.14. The van der Waals surface area contributed by atoms with Crippen LogP contribution in [0.15, 0.2) is 30.3 Å². The van der Waals surface area contributed by atoms with E-state index in [1.165, 1.54) is 0 Å². The fourth-order valence-corrected chi connectivity index (χ4v) is 1.63. The topological polar surface area (TPSA) is 49.3 Å². The lowest BCUT2D eigenvalue weighted by molar-refractivity contribution is -0.123. The predicted octanol–water partition coefficient (Wildman–Crippen LogP) is 2.27. The second kappa shape index (κ2) is 7.07. The number of carbonyl (C=O) groups excluding carboxylic acids is 1. The van der Waals surface area contributed by atoms with Crippen LogP contribution in [-0.2, 0) is 4.79 Å². The second-order valence-corrected chi connectivity index (χ2v) is 4.43. The zero-order chi connectivity index (χ0) is 12.7. The molecule has 0 radical (unpaired) electrons. The summed E-state index contributed by atoms with van der Waals surface area (Å²) < 4.78 is 0. The molecule has 94 valence electrons. The van der Waals surface area contributed by atoms with E-state index in [9.17, 15) is 9.90 Å². The van der Waals surface area contributed by atoms with Gasteiger partial charge in [0.1, 0.15) is 0 Å². The van der Waals surface area contributed by atoms with Gasteiger partial charge in [0, 0.05) is 6.42 Å². The van der Waals surface area contributed by atoms with Gasteiger partial charge in [0.2, 0.25) is 5.91 Å². The quantitative estimate of drug-likeness (QED) is 0.794. The van der Waals surface area contributed by atoms with Crippen LogP contribution in [0, 0.1) is 5.92 Å². The van der Waals surface area contributed by atoms with Crippen LogP contribution in [-0.4, -0.2) is 17.6 Å². The Morgan fingerprint density at radius 1 is 1.35 bits per heavy atom. The van der Waals surface area contributed by atoms with Gasteiger partial charge in [-0.3, -0.25) is 4.79 Å². The number of aliphatic hydroxyl groups excluding tert-OH is 1. The molecule has 17 heavy (non-hydrogen) atoms. The van der Waals surface area contributed by atoms with Crippen LogP contribution in [0.3, 0.4) is 0 Å². The third-order valence-corrected chi connectivity index (χ3v) is 2.95. The van der Waals surface area contributed by atoms with E-state index < -0.39 is 0 Å². The Labute approximate surface area is 103 Å². The molecule has 0 aliphatic carbocycles. The highest BCUT2D eigenvalue weighted by atomic mass is 16.3. The van der Waals surface area contributed by atoms with Crippen molar-refractivity contribution in [1.82, 2.24) is 5.32 Å². The smallest absolute Gasteiger partial charge is 0.220 e. The molecular weight excluding hydrogens is 214 g/mol. The number of aliphatic hydroxyl groups is 1. The van der Waals surface area contributed by atoms with E-state index >= 15 is 0 Å². The van der Waals surface area contributed by atoms with Crippen molar-refractivity contribution in [3.63, 3.8) is 0 Å². The van der Waals surface area contributed by atoms with Gasteiger partial charge in [-0.1, -0.05) is 50.6 Å². The van der Waals surface area contributed by atoms with Gasteiger partial charge in [0.05, 0.1) is 12.6 Å². The van der Waals surface area contributed by atoms with Gasteiger partial charge in [-0.25, -0.2) is 0 Å². The first-order valence-corrected chi connectivity index (χ1v) is 6.12. The summed E-state index contributed by atoms with van der Waals surface area (Å²) in [4.78, 5) is 11.7. The first kappa shape index (κ1) is 13.7. The van der Waals surface area contributed by atoms with Gasteiger partial charge in [0.15, 0.2) is 0 Å². The van der Waals surface area contributed by atoms with Crippen molar-refractivity contribution in [1.29, 1.82) is 0 Å². The molecule has 0 heterocycles. The number of benzene rings is 1. The van der Waals surface area contributed by atoms with Gasteiger partial charge in [-0.2, -0.15) is 0 Å². The average Bonchev–Trinajstić information content (AvgIpc) is 2.36. The fourth-order valence-electron chi connectivity index (χ4n) is 1.63. The lowest BCUT2D eigenvalue weighted by atomic mass is 10.0. The van der Waals surface area contributed by atoms with Gasteiger partial charge >= 0.3 is 0 Å². The number of hydrogen-bond acceptors (Lipinski definition) is 2. The molecule has 1 aromatic carbocycles. The Kier molecular flexibility index (Phi) is 5.70. The maximum absolute atomic E-state index is 11.7. The standard InChI is InChI=1S/C14H21NO2/c1-3-11(2)9-14(17)15-13(10-16)12-7-5-4-6-8-12/h4-8,11,13,16H,3,9-10H2,1-2H3,(H,15,17)/t11?,13-/m1/s1. The fraction of sp³-hybridized carbons (Fsp3) is 0.500. The Bertz CT molecular complexity index is 337. The monoisotopic (exact) mass is 235 g/mol. The lowest BCUT2D eigenvalue weighted by Crippen LogP contribution is -2.31. The van der Waals surface area contributed by atoms with Crippen LogP contribution in [0.2, 0.25) is 0 Å². The number of carbonyl (C=O) groups is 1. The van der Waals surface area contributed by atoms with Crippen molar-refractivity contribution in [2.75, 3.05) is 6.61 Å². The average molecular weight is 235 g/mol. The molecule has 2 atom stereocenters. The van der Waals surface area contributed by atoms with E-state index in [0.717, 1.165) is 12.0 Å². The summed E-state index contributed by atoms with van der Waals surface area (Å²) in [5.74, 6) is 0.382. The third kappa shape index (κ3) is 4.57. The first-order chi connectivity index (χ1) is 8.17. The largest absolute Gasteiger partial charge is 0.394 e. The van der Waals surface area contributed by atoms with E-state index in [0.29, 0.717) is 12.3 Å². The van der Waals surface area contributed by atoms with Crippen molar-refractivity contribution in [2.24, 2.45) is 5.92 Å². The minimum absolute atomic E-state index is 0.00209. The van der Waals surface area contributed by atoms with E-state index in [-0.39, 0.29) is 18.6 Å². The molecule has 0 saturated heterocycles. The summed E-state index contributed by atoms with van der Waals surface area (Å²) in [7, 11) is 0. The van der Waals surface area contributed by atoms with Crippen LogP contribution < -0.4 is 5.32 Å². The highest BCUT2D eigenvalue weighted by Crippen LogP contribution is 2.13. The van der Waals surface area contributed by atoms with Crippen molar-refractivity contribution in [3.8, 4) is 0 Å². The summed E-state index contributed by atoms with van der Waals surface area (Å²) in [5, 5.41) is 12.2. The number of hydrogen-bond donors (Lipinski definition) is 2. The van der Waals surface area contributed by atoms with Crippen LogP contribution in [0.25, 0.3) is 0 Å². The molecule has 3 nitrogen and oxygen atoms in total. The molecular formula is C14H21NO2. The van der Waals surface area contributed by atoms with Crippen LogP contribution >= 0.6 is 0 Å². The lowest BCUT2D eigenvalue weighted by Gasteiger charge is -2.18. The normalized spacial score (nSPS) is 14.1. The third-order valence-electron chi connectivity index (χ3n) is 2.95. The molecule has 0 bridgehead atoms. The van der Waals surface area contributed by atoms with Gasteiger partial charge in [-0.15, -0.1) is 0 Å². The molecule has 1 unspecified atom stereocenters. The Hall–Kier alpha value is -1.35. The van der Waals surface area contributed by atoms with Gasteiger partial charge in [0.25, 0.3) is 0 Å². The molecule has 0 aromatic heterocycles. The molecule has 0 aliphatic rings. The number of rotatable bonds is 6. The molecule has 3 heteroatoms. The summed E-state index contributed by atoms with van der Waals surface area (Å²) >= 11 is 0. The summed E-state index contributed by atoms with van der Waals surface area (Å²) in [6, 6.07) is 9.23. The Morgan fingerprint density at radius 3 is 2.53 bits per heavy atom. The molecule has 0 aliphatic heterocycles. The predicted molar refractivity (Wildman–Crippen MR) is 68.5 cm³/mol. The maximum atomic E-state index is 11.7. The molecule has 1 aromatic rings. The molecule has 0 spiro atoms. The van der Waals surface area contributed by atoms with Gasteiger partial charge < -0.3 is 10.4 Å². The summed E-state index contributed by atoms with van der Waals surface area (Å²) in [5.41, 5.74) is 0.938. The Balaban J connectivity index is 2.56. The molecule has 0 saturated carbocycles. The van der Waals surface area contributed by atoms with Gasteiger partial charge in [-0.05, 0) is 11.5 Å². The Morgan fingerprint density at radius 2 is 2.00 bits per heavy atom. The minimum Gasteiger partial charge on any atom is -0.394 e. The molecule has 1 amide bonds. The van der Waals surface area contributed by atoms with Crippen LogP contribution in [0.1, 0.15) is 38.3 Å². The SMILES string of the molecule is CCC(C)CC(=O)N[C@H](CO)c1ccccc1. The first-order valence-electron chi connectivity index (χ1n) is 6.12. The van der Waals surface area contributed by atoms with Crippen molar-refractivity contribution in [3.05, 3.63) is 35.9 Å². The van der Waals surface area contributed by atoms with Crippen molar-refractivity contribution >= 4 is 5.91 Å². The summed E-state index contributed by atoms with van der Waals surface area (Å²) in [6.07, 6.45) is 1.50. The highest BCUT2D eigenvalue weighted by molar-refractivity contribution is 5.76. The minimum atomic E-state index is -0.298. The zero-order valence-electron chi connectivity index (χ0n) is 10.5. The van der Waals surface area contributed by atoms with Crippen LogP contribution in [0.5, 0.6) is 0 Å². The van der Waals surface area contributed by atoms with E-state index in [2.05, 4.69) is 19.2 Å². The number of amides is 1. The maximum Gasteiger partial charge on any atom is 0.220 e. The molecule has 0 fully saturated rings. The van der Waals surface area contributed by atoms with Crippen molar-refractivity contribution in [2.45, 2.75) is 32.7 Å².